The molecule has 3 aromatic carbocycles. The second kappa shape index (κ2) is 14.0. The summed E-state index contributed by atoms with van der Waals surface area (Å²) >= 11 is 7.79. The van der Waals surface area contributed by atoms with Crippen LogP contribution in [0.5, 0.6) is 11.5 Å². The van der Waals surface area contributed by atoms with E-state index in [2.05, 4.69) is 15.3 Å². The van der Waals surface area contributed by atoms with Gasteiger partial charge in [-0.1, -0.05) is 53.7 Å². The summed E-state index contributed by atoms with van der Waals surface area (Å²) in [5.41, 5.74) is 3.52. The number of nitrogens with zero attached hydrogens (tertiary/aromatic N) is 3. The molecule has 1 aromatic heterocycles. The van der Waals surface area contributed by atoms with Gasteiger partial charge in [0.1, 0.15) is 16.8 Å². The summed E-state index contributed by atoms with van der Waals surface area (Å²) in [7, 11) is 5.21. The number of methoxy groups -OCH3 is 2. The average Bonchev–Trinajstić information content (AvgIpc) is 2.98. The van der Waals surface area contributed by atoms with Gasteiger partial charge in [0.05, 0.1) is 14.2 Å². The number of aromatic nitrogens is 2. The van der Waals surface area contributed by atoms with Gasteiger partial charge in [-0.2, -0.15) is 0 Å². The summed E-state index contributed by atoms with van der Waals surface area (Å²) in [5.74, 6) is 2.25. The van der Waals surface area contributed by atoms with Gasteiger partial charge >= 0.3 is 0 Å². The van der Waals surface area contributed by atoms with Crippen molar-refractivity contribution >= 4 is 35.1 Å². The molecule has 1 heterocycles. The molecular formula is C30H30ClFN4O3S. The average molecular weight is 581 g/mol. The van der Waals surface area contributed by atoms with Crippen molar-refractivity contribution < 1.29 is 18.7 Å². The zero-order valence-corrected chi connectivity index (χ0v) is 24.1. The summed E-state index contributed by atoms with van der Waals surface area (Å²) in [6.07, 6.45) is 0.783. The second-order valence-corrected chi connectivity index (χ2v) is 10.3. The van der Waals surface area contributed by atoms with Crippen LogP contribution in [0.4, 0.5) is 10.2 Å². The van der Waals surface area contributed by atoms with E-state index in [0.29, 0.717) is 39.7 Å². The van der Waals surface area contributed by atoms with Crippen LogP contribution in [0.3, 0.4) is 0 Å². The number of hydrogen-bond donors (Lipinski definition) is 1. The molecule has 0 atom stereocenters. The minimum absolute atomic E-state index is 0.192. The number of ether oxygens (including phenoxy) is 2. The summed E-state index contributed by atoms with van der Waals surface area (Å²) in [4.78, 5) is 23.6. The number of carbonyl (C=O) groups is 1. The van der Waals surface area contributed by atoms with Gasteiger partial charge in [0.2, 0.25) is 0 Å². The Morgan fingerprint density at radius 2 is 1.60 bits per heavy atom. The van der Waals surface area contributed by atoms with Crippen molar-refractivity contribution in [3.05, 3.63) is 106 Å². The number of amides is 1. The zero-order chi connectivity index (χ0) is 28.5. The Morgan fingerprint density at radius 1 is 0.925 bits per heavy atom. The highest BCUT2D eigenvalue weighted by molar-refractivity contribution is 7.98. The Kier molecular flexibility index (Phi) is 10.2. The van der Waals surface area contributed by atoms with Gasteiger partial charge in [-0.3, -0.25) is 4.79 Å². The molecule has 1 N–H and O–H groups in total. The van der Waals surface area contributed by atoms with Gasteiger partial charge < -0.3 is 19.7 Å². The predicted octanol–water partition coefficient (Wildman–Crippen LogP) is 6.19. The molecule has 40 heavy (non-hydrogen) atoms. The summed E-state index contributed by atoms with van der Waals surface area (Å²) < 4.78 is 23.8. The number of halogens is 2. The number of anilines is 1. The Bertz CT molecular complexity index is 1440. The van der Waals surface area contributed by atoms with Crippen molar-refractivity contribution in [2.45, 2.75) is 23.9 Å². The first-order valence-corrected chi connectivity index (χ1v) is 13.9. The minimum atomic E-state index is -0.305. The lowest BCUT2D eigenvalue weighted by Gasteiger charge is -2.19. The van der Waals surface area contributed by atoms with E-state index in [1.807, 2.05) is 42.3 Å². The Labute approximate surface area is 242 Å². The monoisotopic (exact) mass is 580 g/mol. The van der Waals surface area contributed by atoms with Crippen molar-refractivity contribution in [2.24, 2.45) is 0 Å². The van der Waals surface area contributed by atoms with Crippen molar-refractivity contribution in [2.75, 3.05) is 32.7 Å². The number of thioether (sulfide) groups is 1. The molecule has 0 aliphatic heterocycles. The third-order valence-electron chi connectivity index (χ3n) is 6.19. The predicted molar refractivity (Wildman–Crippen MR) is 157 cm³/mol. The van der Waals surface area contributed by atoms with Crippen molar-refractivity contribution in [3.8, 4) is 11.5 Å². The van der Waals surface area contributed by atoms with Crippen molar-refractivity contribution in [1.29, 1.82) is 0 Å². The number of rotatable bonds is 12. The number of nitrogens with one attached hydrogen (secondary N) is 1. The molecule has 4 aromatic rings. The SMILES string of the molecule is COc1ccc(CCN(C)c2cc(Cl)nc(SCc3ccc(C(=O)NCc4ccc(F)cc4)cc3)n2)cc1OC. The number of benzene rings is 3. The van der Waals surface area contributed by atoms with Crippen LogP contribution in [-0.2, 0) is 18.7 Å². The molecule has 0 saturated carbocycles. The van der Waals surface area contributed by atoms with Crippen molar-refractivity contribution in [3.63, 3.8) is 0 Å². The summed E-state index contributed by atoms with van der Waals surface area (Å²) in [6, 6.07) is 21.1. The highest BCUT2D eigenvalue weighted by atomic mass is 35.5. The van der Waals surface area contributed by atoms with Crippen LogP contribution >= 0.6 is 23.4 Å². The van der Waals surface area contributed by atoms with Gasteiger partial charge in [-0.15, -0.1) is 0 Å². The molecule has 0 fully saturated rings. The lowest BCUT2D eigenvalue weighted by Crippen LogP contribution is -2.22. The van der Waals surface area contributed by atoms with Gasteiger partial charge in [0.15, 0.2) is 16.7 Å². The smallest absolute Gasteiger partial charge is 0.251 e. The van der Waals surface area contributed by atoms with Gasteiger partial charge in [-0.25, -0.2) is 14.4 Å². The maximum Gasteiger partial charge on any atom is 0.251 e. The fourth-order valence-electron chi connectivity index (χ4n) is 3.88. The normalized spacial score (nSPS) is 10.7. The summed E-state index contributed by atoms with van der Waals surface area (Å²) in [5, 5.41) is 3.79. The van der Waals surface area contributed by atoms with E-state index in [-0.39, 0.29) is 11.7 Å². The molecule has 7 nitrogen and oxygen atoms in total. The van der Waals surface area contributed by atoms with Crippen LogP contribution in [0.25, 0.3) is 0 Å². The maximum absolute atomic E-state index is 13.1. The van der Waals surface area contributed by atoms with E-state index in [1.165, 1.54) is 23.9 Å². The topological polar surface area (TPSA) is 76.6 Å². The molecule has 0 spiro atoms. The molecule has 0 bridgehead atoms. The first-order chi connectivity index (χ1) is 19.3. The number of hydrogen-bond acceptors (Lipinski definition) is 7. The lowest BCUT2D eigenvalue weighted by atomic mass is 10.1. The molecule has 0 radical (unpaired) electrons. The first-order valence-electron chi connectivity index (χ1n) is 12.6. The van der Waals surface area contributed by atoms with Crippen molar-refractivity contribution in [1.82, 2.24) is 15.3 Å². The van der Waals surface area contributed by atoms with E-state index >= 15 is 0 Å². The number of carbonyl (C=O) groups excluding carboxylic acids is 1. The van der Waals surface area contributed by atoms with Crippen LogP contribution in [0, 0.1) is 5.82 Å². The molecule has 10 heteroatoms. The fraction of sp³-hybridized carbons (Fsp3) is 0.233. The molecule has 0 unspecified atom stereocenters. The Balaban J connectivity index is 1.31. The second-order valence-electron chi connectivity index (χ2n) is 8.99. The molecule has 0 aliphatic rings. The molecule has 0 saturated heterocycles. The Hall–Kier alpha value is -3.82. The van der Waals surface area contributed by atoms with E-state index in [4.69, 9.17) is 21.1 Å². The van der Waals surface area contributed by atoms with E-state index < -0.39 is 0 Å². The molecule has 4 rings (SSSR count). The minimum Gasteiger partial charge on any atom is -0.493 e. The van der Waals surface area contributed by atoms with E-state index in [0.717, 1.165) is 35.5 Å². The third-order valence-corrected chi connectivity index (χ3v) is 7.30. The van der Waals surface area contributed by atoms with Crippen LogP contribution in [0.2, 0.25) is 5.15 Å². The largest absolute Gasteiger partial charge is 0.493 e. The van der Waals surface area contributed by atoms with Crippen LogP contribution < -0.4 is 19.7 Å². The van der Waals surface area contributed by atoms with Gasteiger partial charge in [0.25, 0.3) is 5.91 Å². The van der Waals surface area contributed by atoms with Gasteiger partial charge in [0, 0.05) is 37.5 Å². The maximum atomic E-state index is 13.1. The zero-order valence-electron chi connectivity index (χ0n) is 22.5. The molecule has 208 valence electrons. The molecule has 0 aliphatic carbocycles. The summed E-state index contributed by atoms with van der Waals surface area (Å²) in [6.45, 7) is 1.05. The highest BCUT2D eigenvalue weighted by Crippen LogP contribution is 2.28. The first kappa shape index (κ1) is 29.2. The molecule has 1 amide bonds. The standard InChI is InChI=1S/C30H30ClFN4O3S/c1-36(15-14-20-8-13-25(38-2)26(16-20)39-3)28-17-27(31)34-30(35-28)40-19-22-4-9-23(10-5-22)29(37)33-18-21-6-11-24(32)12-7-21/h4-13,16-17H,14-15,18-19H2,1-3H3,(H,33,37). The quantitative estimate of drug-likeness (QED) is 0.122. The van der Waals surface area contributed by atoms with Crippen LogP contribution in [0.15, 0.2) is 78.0 Å². The highest BCUT2D eigenvalue weighted by Gasteiger charge is 2.11. The molecular weight excluding hydrogens is 551 g/mol. The van der Waals surface area contributed by atoms with Crippen LogP contribution in [0.1, 0.15) is 27.0 Å². The van der Waals surface area contributed by atoms with E-state index in [9.17, 15) is 9.18 Å². The van der Waals surface area contributed by atoms with Crippen LogP contribution in [-0.4, -0.2) is 43.7 Å². The fourth-order valence-corrected chi connectivity index (χ4v) is 4.92. The van der Waals surface area contributed by atoms with Gasteiger partial charge in [-0.05, 0) is 59.5 Å². The number of likely N-dealkylation sites (N-methyl/N-ethyl adjacent to an activating group) is 1. The van der Waals surface area contributed by atoms with E-state index in [1.54, 1.807) is 44.6 Å². The lowest BCUT2D eigenvalue weighted by molar-refractivity contribution is 0.0951. The third kappa shape index (κ3) is 8.09. The Morgan fingerprint density at radius 3 is 2.30 bits per heavy atom.